The number of rotatable bonds is 5. The van der Waals surface area contributed by atoms with Gasteiger partial charge in [-0.25, -0.2) is 4.39 Å². The molecular weight excluding hydrogens is 393 g/mol. The van der Waals surface area contributed by atoms with Gasteiger partial charge in [-0.1, -0.05) is 35.5 Å². The van der Waals surface area contributed by atoms with Gasteiger partial charge in [0.1, 0.15) is 5.82 Å². The van der Waals surface area contributed by atoms with Crippen molar-refractivity contribution in [2.75, 3.05) is 13.2 Å². The Morgan fingerprint density at radius 2 is 1.76 bits per heavy atom. The van der Waals surface area contributed by atoms with Crippen molar-refractivity contribution in [2.24, 2.45) is 0 Å². The Bertz CT molecular complexity index is 1020. The third-order valence-electron chi connectivity index (χ3n) is 3.75. The van der Waals surface area contributed by atoms with Gasteiger partial charge in [0.15, 0.2) is 0 Å². The van der Waals surface area contributed by atoms with E-state index in [0.29, 0.717) is 11.4 Å². The highest BCUT2D eigenvalue weighted by Gasteiger charge is 2.07. The SMILES string of the molecule is O=C(NCCO)c1ccc(F)cc1.c1ccc(-c2ccc(-c3ncon3)s2)cc1. The maximum atomic E-state index is 12.4. The molecule has 0 saturated heterocycles. The molecule has 2 N–H and O–H groups in total. The molecule has 1 amide bonds. The molecule has 0 aliphatic carbocycles. The van der Waals surface area contributed by atoms with E-state index in [1.807, 2.05) is 24.3 Å². The zero-order valence-electron chi connectivity index (χ0n) is 15.3. The summed E-state index contributed by atoms with van der Waals surface area (Å²) in [6.45, 7) is 0.100. The van der Waals surface area contributed by atoms with Crippen LogP contribution in [0.3, 0.4) is 0 Å². The molecule has 29 heavy (non-hydrogen) atoms. The topological polar surface area (TPSA) is 88.2 Å². The fourth-order valence-electron chi connectivity index (χ4n) is 2.37. The first-order chi connectivity index (χ1) is 14.2. The second-order valence-electron chi connectivity index (χ2n) is 5.77. The van der Waals surface area contributed by atoms with Crippen LogP contribution in [0.15, 0.2) is 77.6 Å². The van der Waals surface area contributed by atoms with Gasteiger partial charge in [0.25, 0.3) is 5.91 Å². The summed E-state index contributed by atoms with van der Waals surface area (Å²) in [6.07, 6.45) is 1.34. The molecule has 0 aliphatic rings. The summed E-state index contributed by atoms with van der Waals surface area (Å²) in [6, 6.07) is 19.6. The van der Waals surface area contributed by atoms with Crippen LogP contribution in [0.4, 0.5) is 4.39 Å². The van der Waals surface area contributed by atoms with Gasteiger partial charge in [-0.3, -0.25) is 4.79 Å². The molecule has 4 rings (SSSR count). The number of thiophene rings is 1. The lowest BCUT2D eigenvalue weighted by molar-refractivity contribution is 0.0944. The van der Waals surface area contributed by atoms with Crippen LogP contribution in [-0.2, 0) is 0 Å². The van der Waals surface area contributed by atoms with E-state index < -0.39 is 0 Å². The number of amides is 1. The van der Waals surface area contributed by atoms with Crippen molar-refractivity contribution in [3.8, 4) is 21.1 Å². The average molecular weight is 411 g/mol. The Kier molecular flexibility index (Phi) is 7.21. The largest absolute Gasteiger partial charge is 0.395 e. The smallest absolute Gasteiger partial charge is 0.251 e. The number of carbonyl (C=O) groups is 1. The summed E-state index contributed by atoms with van der Waals surface area (Å²) in [7, 11) is 0. The number of aliphatic hydroxyl groups is 1. The number of aromatic nitrogens is 2. The number of benzene rings is 2. The fourth-order valence-corrected chi connectivity index (χ4v) is 3.31. The minimum atomic E-state index is -0.376. The predicted octanol–water partition coefficient (Wildman–Crippen LogP) is 4.01. The lowest BCUT2D eigenvalue weighted by Crippen LogP contribution is -2.26. The Morgan fingerprint density at radius 3 is 2.41 bits per heavy atom. The molecule has 0 spiro atoms. The highest BCUT2D eigenvalue weighted by molar-refractivity contribution is 7.18. The summed E-state index contributed by atoms with van der Waals surface area (Å²) in [5.74, 6) is -0.0417. The van der Waals surface area contributed by atoms with Gasteiger partial charge < -0.3 is 14.9 Å². The Hall–Kier alpha value is -3.36. The summed E-state index contributed by atoms with van der Waals surface area (Å²) in [4.78, 5) is 17.4. The standard InChI is InChI=1S/C12H8N2OS.C9H10FNO2/c1-2-4-9(5-3-1)10-6-7-11(16-10)12-13-8-15-14-12;10-8-3-1-7(2-4-8)9(13)11-5-6-12/h1-8H;1-4,12H,5-6H2,(H,11,13). The Labute approximate surface area is 170 Å². The molecule has 0 atom stereocenters. The van der Waals surface area contributed by atoms with E-state index in [9.17, 15) is 9.18 Å². The second kappa shape index (κ2) is 10.3. The molecule has 4 aromatic rings. The van der Waals surface area contributed by atoms with Crippen LogP contribution < -0.4 is 5.32 Å². The predicted molar refractivity (Wildman–Crippen MR) is 109 cm³/mol. The number of carbonyl (C=O) groups excluding carboxylic acids is 1. The van der Waals surface area contributed by atoms with Crippen molar-refractivity contribution in [3.05, 3.63) is 84.5 Å². The molecule has 0 saturated carbocycles. The van der Waals surface area contributed by atoms with E-state index in [1.165, 1.54) is 41.1 Å². The van der Waals surface area contributed by atoms with Crippen molar-refractivity contribution < 1.29 is 18.8 Å². The van der Waals surface area contributed by atoms with Crippen molar-refractivity contribution in [1.82, 2.24) is 15.5 Å². The van der Waals surface area contributed by atoms with Gasteiger partial charge in [-0.15, -0.1) is 11.3 Å². The normalized spacial score (nSPS) is 10.1. The van der Waals surface area contributed by atoms with Gasteiger partial charge in [0, 0.05) is 17.0 Å². The van der Waals surface area contributed by atoms with E-state index in [2.05, 4.69) is 33.7 Å². The number of hydrogen-bond acceptors (Lipinski definition) is 6. The molecule has 0 fully saturated rings. The van der Waals surface area contributed by atoms with Crippen molar-refractivity contribution in [3.63, 3.8) is 0 Å². The second-order valence-corrected chi connectivity index (χ2v) is 6.85. The third-order valence-corrected chi connectivity index (χ3v) is 4.88. The van der Waals surface area contributed by atoms with Crippen molar-refractivity contribution in [2.45, 2.75) is 0 Å². The van der Waals surface area contributed by atoms with Gasteiger partial charge in [0.05, 0.1) is 11.5 Å². The number of aliphatic hydroxyl groups excluding tert-OH is 1. The van der Waals surface area contributed by atoms with Gasteiger partial charge in [0.2, 0.25) is 12.2 Å². The summed E-state index contributed by atoms with van der Waals surface area (Å²) < 4.78 is 17.2. The van der Waals surface area contributed by atoms with Crippen LogP contribution in [-0.4, -0.2) is 34.3 Å². The van der Waals surface area contributed by atoms with Gasteiger partial charge >= 0.3 is 0 Å². The molecule has 2 heterocycles. The number of halogens is 1. The summed E-state index contributed by atoms with van der Waals surface area (Å²) >= 11 is 1.66. The summed E-state index contributed by atoms with van der Waals surface area (Å²) in [5.41, 5.74) is 1.59. The molecule has 0 radical (unpaired) electrons. The molecule has 2 aromatic heterocycles. The quantitative estimate of drug-likeness (QED) is 0.518. The van der Waals surface area contributed by atoms with E-state index in [4.69, 9.17) is 9.63 Å². The van der Waals surface area contributed by atoms with Crippen LogP contribution >= 0.6 is 11.3 Å². The first kappa shape index (κ1) is 20.4. The van der Waals surface area contributed by atoms with Crippen LogP contribution in [0.5, 0.6) is 0 Å². The van der Waals surface area contributed by atoms with Crippen LogP contribution in [0, 0.1) is 5.82 Å². The lowest BCUT2D eigenvalue weighted by Gasteiger charge is -2.01. The maximum Gasteiger partial charge on any atom is 0.251 e. The van der Waals surface area contributed by atoms with Crippen LogP contribution in [0.2, 0.25) is 0 Å². The van der Waals surface area contributed by atoms with Crippen LogP contribution in [0.1, 0.15) is 10.4 Å². The molecule has 148 valence electrons. The minimum Gasteiger partial charge on any atom is -0.395 e. The van der Waals surface area contributed by atoms with Crippen molar-refractivity contribution >= 4 is 17.2 Å². The van der Waals surface area contributed by atoms with Crippen molar-refractivity contribution in [1.29, 1.82) is 0 Å². The molecule has 0 bridgehead atoms. The molecule has 2 aromatic carbocycles. The van der Waals surface area contributed by atoms with Gasteiger partial charge in [-0.05, 0) is 42.0 Å². The van der Waals surface area contributed by atoms with E-state index in [0.717, 1.165) is 4.88 Å². The fraction of sp³-hybridized carbons (Fsp3) is 0.0952. The monoisotopic (exact) mass is 411 g/mol. The highest BCUT2D eigenvalue weighted by atomic mass is 32.1. The minimum absolute atomic E-state index is 0.104. The Morgan fingerprint density at radius 1 is 1.03 bits per heavy atom. The first-order valence-electron chi connectivity index (χ1n) is 8.74. The zero-order valence-corrected chi connectivity index (χ0v) is 16.1. The molecule has 0 unspecified atom stereocenters. The number of nitrogens with zero attached hydrogens (tertiary/aromatic N) is 2. The van der Waals surface area contributed by atoms with Crippen LogP contribution in [0.25, 0.3) is 21.1 Å². The van der Waals surface area contributed by atoms with Gasteiger partial charge in [-0.2, -0.15) is 4.98 Å². The van der Waals surface area contributed by atoms with E-state index in [-0.39, 0.29) is 24.9 Å². The lowest BCUT2D eigenvalue weighted by atomic mass is 10.2. The summed E-state index contributed by atoms with van der Waals surface area (Å²) in [5, 5.41) is 14.7. The van der Waals surface area contributed by atoms with E-state index >= 15 is 0 Å². The Balaban J connectivity index is 0.000000170. The molecule has 8 heteroatoms. The average Bonchev–Trinajstić information content (AvgIpc) is 3.45. The number of hydrogen-bond donors (Lipinski definition) is 2. The molecule has 0 aliphatic heterocycles. The molecule has 6 nitrogen and oxygen atoms in total. The highest BCUT2D eigenvalue weighted by Crippen LogP contribution is 2.32. The zero-order chi connectivity index (χ0) is 20.5. The third kappa shape index (κ3) is 5.81. The van der Waals surface area contributed by atoms with E-state index in [1.54, 1.807) is 11.3 Å². The first-order valence-corrected chi connectivity index (χ1v) is 9.55. The maximum absolute atomic E-state index is 12.4. The molecular formula is C21H18FN3O3S. The number of nitrogens with one attached hydrogen (secondary N) is 1.